The number of carbonyl (C=O) groups excluding carboxylic acids is 3. The van der Waals surface area contributed by atoms with Crippen LogP contribution in [0.4, 0.5) is 5.69 Å². The molecule has 0 N–H and O–H groups in total. The predicted molar refractivity (Wildman–Crippen MR) is 118 cm³/mol. The summed E-state index contributed by atoms with van der Waals surface area (Å²) < 4.78 is 5.19. The summed E-state index contributed by atoms with van der Waals surface area (Å²) in [5.41, 5.74) is 5.04. The van der Waals surface area contributed by atoms with Crippen LogP contribution in [0.15, 0.2) is 72.8 Å². The first-order valence-corrected chi connectivity index (χ1v) is 10.9. The monoisotopic (exact) mass is 423 g/mol. The largest absolute Gasteiger partial charge is 0.462 e. The van der Waals surface area contributed by atoms with Gasteiger partial charge in [-0.1, -0.05) is 60.7 Å². The van der Waals surface area contributed by atoms with E-state index in [1.165, 1.54) is 4.90 Å². The van der Waals surface area contributed by atoms with Gasteiger partial charge in [0.15, 0.2) is 0 Å². The lowest BCUT2D eigenvalue weighted by Gasteiger charge is -2.45. The van der Waals surface area contributed by atoms with E-state index in [0.717, 1.165) is 22.3 Å². The van der Waals surface area contributed by atoms with E-state index in [1.54, 1.807) is 31.2 Å². The molecule has 0 spiro atoms. The fourth-order valence-corrected chi connectivity index (χ4v) is 5.96. The maximum Gasteiger partial charge on any atom is 0.340 e. The molecule has 0 saturated carbocycles. The number of esters is 1. The predicted octanol–water partition coefficient (Wildman–Crippen LogP) is 4.26. The summed E-state index contributed by atoms with van der Waals surface area (Å²) >= 11 is 0. The van der Waals surface area contributed by atoms with Crippen molar-refractivity contribution in [2.24, 2.45) is 11.8 Å². The van der Waals surface area contributed by atoms with E-state index >= 15 is 0 Å². The van der Waals surface area contributed by atoms with Crippen molar-refractivity contribution in [2.45, 2.75) is 18.8 Å². The second-order valence-corrected chi connectivity index (χ2v) is 8.51. The van der Waals surface area contributed by atoms with E-state index in [-0.39, 0.29) is 35.8 Å². The molecule has 7 rings (SSSR count). The average Bonchev–Trinajstić information content (AvgIpc) is 3.09. The van der Waals surface area contributed by atoms with Crippen molar-refractivity contribution in [3.63, 3.8) is 0 Å². The van der Waals surface area contributed by atoms with Gasteiger partial charge in [-0.15, -0.1) is 0 Å². The number of rotatable bonds is 3. The van der Waals surface area contributed by atoms with Crippen LogP contribution in [0.25, 0.3) is 0 Å². The summed E-state index contributed by atoms with van der Waals surface area (Å²) in [5, 5.41) is 0. The normalized spacial score (nSPS) is 24.7. The minimum atomic E-state index is -0.534. The second-order valence-electron chi connectivity index (χ2n) is 8.51. The molecule has 3 aliphatic carbocycles. The Morgan fingerprint density at radius 1 is 0.750 bits per heavy atom. The molecule has 5 nitrogen and oxygen atoms in total. The summed E-state index contributed by atoms with van der Waals surface area (Å²) in [5.74, 6) is -2.32. The lowest BCUT2D eigenvalue weighted by Crippen LogP contribution is -2.41. The zero-order valence-corrected chi connectivity index (χ0v) is 17.5. The average molecular weight is 423 g/mol. The third-order valence-corrected chi connectivity index (χ3v) is 7.09. The van der Waals surface area contributed by atoms with Gasteiger partial charge in [0.05, 0.1) is 29.7 Å². The molecule has 158 valence electrons. The number of anilines is 1. The lowest BCUT2D eigenvalue weighted by molar-refractivity contribution is -0.122. The molecule has 1 saturated heterocycles. The van der Waals surface area contributed by atoms with Gasteiger partial charge in [0.2, 0.25) is 11.8 Å². The van der Waals surface area contributed by atoms with Crippen molar-refractivity contribution in [2.75, 3.05) is 11.5 Å². The molecule has 0 radical (unpaired) electrons. The molecular weight excluding hydrogens is 402 g/mol. The van der Waals surface area contributed by atoms with Gasteiger partial charge in [-0.25, -0.2) is 9.69 Å². The van der Waals surface area contributed by atoms with Crippen molar-refractivity contribution in [1.82, 2.24) is 0 Å². The molecule has 3 aromatic carbocycles. The number of carbonyl (C=O) groups is 3. The SMILES string of the molecule is CCOC(=O)c1ccccc1N1C(=O)[C@H]2C3c4ccccc4C(c4ccccc43)[C@@H]2C1=O. The molecule has 4 aliphatic rings. The van der Waals surface area contributed by atoms with Gasteiger partial charge in [-0.2, -0.15) is 0 Å². The number of hydrogen-bond acceptors (Lipinski definition) is 4. The minimum absolute atomic E-state index is 0.173. The van der Waals surface area contributed by atoms with Crippen LogP contribution in [0, 0.1) is 11.8 Å². The minimum Gasteiger partial charge on any atom is -0.462 e. The summed E-state index contributed by atoms with van der Waals surface area (Å²) in [4.78, 5) is 41.5. The maximum absolute atomic E-state index is 13.8. The van der Waals surface area contributed by atoms with Gasteiger partial charge in [0.25, 0.3) is 0 Å². The quantitative estimate of drug-likeness (QED) is 0.467. The Morgan fingerprint density at radius 3 is 1.66 bits per heavy atom. The van der Waals surface area contributed by atoms with E-state index < -0.39 is 17.8 Å². The molecule has 5 heteroatoms. The van der Waals surface area contributed by atoms with E-state index in [9.17, 15) is 14.4 Å². The summed E-state index contributed by atoms with van der Waals surface area (Å²) in [6.45, 7) is 1.95. The van der Waals surface area contributed by atoms with E-state index in [2.05, 4.69) is 24.3 Å². The first-order valence-electron chi connectivity index (χ1n) is 10.9. The second kappa shape index (κ2) is 6.89. The smallest absolute Gasteiger partial charge is 0.340 e. The maximum atomic E-state index is 13.8. The number of nitrogens with zero attached hydrogens (tertiary/aromatic N) is 1. The molecule has 32 heavy (non-hydrogen) atoms. The lowest BCUT2D eigenvalue weighted by atomic mass is 9.55. The van der Waals surface area contributed by atoms with Crippen LogP contribution in [0.2, 0.25) is 0 Å². The van der Waals surface area contributed by atoms with Gasteiger partial charge in [0.1, 0.15) is 0 Å². The van der Waals surface area contributed by atoms with Gasteiger partial charge >= 0.3 is 5.97 Å². The van der Waals surface area contributed by atoms with Crippen molar-refractivity contribution >= 4 is 23.5 Å². The molecule has 1 fully saturated rings. The van der Waals surface area contributed by atoms with E-state index in [1.807, 2.05) is 24.3 Å². The van der Waals surface area contributed by atoms with Crippen LogP contribution in [0.3, 0.4) is 0 Å². The highest BCUT2D eigenvalue weighted by Crippen LogP contribution is 2.61. The van der Waals surface area contributed by atoms with Gasteiger partial charge in [-0.3, -0.25) is 9.59 Å². The highest BCUT2D eigenvalue weighted by molar-refractivity contribution is 6.25. The topological polar surface area (TPSA) is 63.7 Å². The molecule has 0 unspecified atom stereocenters. The third-order valence-electron chi connectivity index (χ3n) is 7.09. The molecule has 2 atom stereocenters. The standard InChI is InChI=1S/C27H21NO4/c1-2-32-27(31)19-13-7-8-14-20(19)28-25(29)23-21-15-9-3-4-10-16(15)22(24(23)26(28)30)18-12-6-5-11-17(18)21/h3-14,21-24H,2H2,1H3/t21?,22?,23-,24-/m0/s1. The third kappa shape index (κ3) is 2.36. The molecule has 2 amide bonds. The fraction of sp³-hybridized carbons (Fsp3) is 0.222. The molecule has 2 bridgehead atoms. The fourth-order valence-electron chi connectivity index (χ4n) is 5.96. The summed E-state index contributed by atoms with van der Waals surface area (Å²) in [7, 11) is 0. The Balaban J connectivity index is 1.53. The Kier molecular flexibility index (Phi) is 4.09. The number of ether oxygens (including phenoxy) is 1. The van der Waals surface area contributed by atoms with Gasteiger partial charge < -0.3 is 4.74 Å². The Morgan fingerprint density at radius 2 is 1.19 bits per heavy atom. The summed E-state index contributed by atoms with van der Waals surface area (Å²) in [6.07, 6.45) is 0. The molecular formula is C27H21NO4. The van der Waals surface area contributed by atoms with Crippen molar-refractivity contribution in [3.8, 4) is 0 Å². The number of benzene rings is 3. The number of para-hydroxylation sites is 1. The highest BCUT2D eigenvalue weighted by atomic mass is 16.5. The zero-order chi connectivity index (χ0) is 22.0. The van der Waals surface area contributed by atoms with Gasteiger partial charge in [0, 0.05) is 11.8 Å². The van der Waals surface area contributed by atoms with Crippen molar-refractivity contribution in [1.29, 1.82) is 0 Å². The Labute approximate surface area is 185 Å². The Bertz CT molecular complexity index is 1180. The van der Waals surface area contributed by atoms with Gasteiger partial charge in [-0.05, 0) is 41.3 Å². The Hall–Kier alpha value is -3.73. The van der Waals surface area contributed by atoms with Crippen LogP contribution < -0.4 is 4.90 Å². The van der Waals surface area contributed by atoms with E-state index in [0.29, 0.717) is 5.69 Å². The van der Waals surface area contributed by atoms with Crippen molar-refractivity contribution < 1.29 is 19.1 Å². The van der Waals surface area contributed by atoms with Crippen LogP contribution in [-0.4, -0.2) is 24.4 Å². The van der Waals surface area contributed by atoms with E-state index in [4.69, 9.17) is 4.74 Å². The first-order chi connectivity index (χ1) is 15.6. The zero-order valence-electron chi connectivity index (χ0n) is 17.5. The van der Waals surface area contributed by atoms with Crippen LogP contribution >= 0.6 is 0 Å². The molecule has 1 heterocycles. The van der Waals surface area contributed by atoms with Crippen LogP contribution in [0.5, 0.6) is 0 Å². The molecule has 1 aliphatic heterocycles. The molecule has 3 aromatic rings. The number of imide groups is 1. The first kappa shape index (κ1) is 19.0. The number of hydrogen-bond donors (Lipinski definition) is 0. The van der Waals surface area contributed by atoms with Crippen LogP contribution in [-0.2, 0) is 14.3 Å². The highest BCUT2D eigenvalue weighted by Gasteiger charge is 2.62. The summed E-state index contributed by atoms with van der Waals surface area (Å²) in [6, 6.07) is 23.0. The van der Waals surface area contributed by atoms with Crippen LogP contribution in [0.1, 0.15) is 51.4 Å². The number of amides is 2. The van der Waals surface area contributed by atoms with Crippen molar-refractivity contribution in [3.05, 3.63) is 101 Å². The molecule has 0 aromatic heterocycles.